The van der Waals surface area contributed by atoms with E-state index >= 15 is 0 Å². The van der Waals surface area contributed by atoms with Crippen LogP contribution in [0.25, 0.3) is 0 Å². The minimum Gasteiger partial charge on any atom is -0.381 e. The molecule has 1 unspecified atom stereocenters. The summed E-state index contributed by atoms with van der Waals surface area (Å²) in [6, 6.07) is 7.24. The molecule has 1 saturated heterocycles. The molecule has 0 bridgehead atoms. The number of amides is 2. The van der Waals surface area contributed by atoms with Crippen molar-refractivity contribution in [2.24, 2.45) is 11.8 Å². The standard InChI is InChI=1S/C18H24N2O3/c1-2-20(11-13-8-9-23-12-13)18(22)15-4-3-5-16(10-15)19-17(21)14-6-7-14/h3-5,10,13-14H,2,6-9,11-12H2,1H3,(H,19,21). The Bertz CT molecular complexity index is 577. The fourth-order valence-electron chi connectivity index (χ4n) is 2.90. The number of carbonyl (C=O) groups excluding carboxylic acids is 2. The van der Waals surface area contributed by atoms with Crippen LogP contribution in [0.15, 0.2) is 24.3 Å². The summed E-state index contributed by atoms with van der Waals surface area (Å²) >= 11 is 0. The lowest BCUT2D eigenvalue weighted by molar-refractivity contribution is -0.117. The molecule has 1 heterocycles. The van der Waals surface area contributed by atoms with E-state index in [-0.39, 0.29) is 17.7 Å². The van der Waals surface area contributed by atoms with Crippen LogP contribution in [-0.4, -0.2) is 43.0 Å². The number of carbonyl (C=O) groups is 2. The van der Waals surface area contributed by atoms with E-state index < -0.39 is 0 Å². The molecule has 2 amide bonds. The molecular formula is C18H24N2O3. The van der Waals surface area contributed by atoms with Crippen molar-refractivity contribution in [3.05, 3.63) is 29.8 Å². The number of rotatable bonds is 6. The lowest BCUT2D eigenvalue weighted by Crippen LogP contribution is -2.35. The molecule has 0 radical (unpaired) electrons. The molecule has 1 aromatic carbocycles. The summed E-state index contributed by atoms with van der Waals surface area (Å²) in [6.45, 7) is 4.93. The van der Waals surface area contributed by atoms with Gasteiger partial charge in [0.25, 0.3) is 5.91 Å². The monoisotopic (exact) mass is 316 g/mol. The first-order chi connectivity index (χ1) is 11.2. The fraction of sp³-hybridized carbons (Fsp3) is 0.556. The summed E-state index contributed by atoms with van der Waals surface area (Å²) in [7, 11) is 0. The molecule has 1 aliphatic heterocycles. The number of ether oxygens (including phenoxy) is 1. The third kappa shape index (κ3) is 4.10. The molecule has 2 fully saturated rings. The molecule has 5 nitrogen and oxygen atoms in total. The van der Waals surface area contributed by atoms with Gasteiger partial charge in [0.2, 0.25) is 5.91 Å². The lowest BCUT2D eigenvalue weighted by atomic mass is 10.1. The van der Waals surface area contributed by atoms with Crippen LogP contribution in [0, 0.1) is 11.8 Å². The Balaban J connectivity index is 1.65. The quantitative estimate of drug-likeness (QED) is 0.877. The van der Waals surface area contributed by atoms with E-state index in [9.17, 15) is 9.59 Å². The van der Waals surface area contributed by atoms with Crippen LogP contribution >= 0.6 is 0 Å². The van der Waals surface area contributed by atoms with Gasteiger partial charge in [-0.15, -0.1) is 0 Å². The van der Waals surface area contributed by atoms with Crippen LogP contribution in [0.3, 0.4) is 0 Å². The first-order valence-electron chi connectivity index (χ1n) is 8.45. The Hall–Kier alpha value is -1.88. The summed E-state index contributed by atoms with van der Waals surface area (Å²) in [5.41, 5.74) is 1.33. The molecule has 1 aromatic rings. The fourth-order valence-corrected chi connectivity index (χ4v) is 2.90. The van der Waals surface area contributed by atoms with Crippen LogP contribution in [0.1, 0.15) is 36.5 Å². The lowest BCUT2D eigenvalue weighted by Gasteiger charge is -2.24. The van der Waals surface area contributed by atoms with Crippen molar-refractivity contribution in [3.8, 4) is 0 Å². The van der Waals surface area contributed by atoms with Crippen LogP contribution < -0.4 is 5.32 Å². The number of benzene rings is 1. The second kappa shape index (κ2) is 7.13. The first kappa shape index (κ1) is 16.0. The van der Waals surface area contributed by atoms with Crippen molar-refractivity contribution in [3.63, 3.8) is 0 Å². The average molecular weight is 316 g/mol. The van der Waals surface area contributed by atoms with E-state index in [4.69, 9.17) is 4.74 Å². The second-order valence-corrected chi connectivity index (χ2v) is 6.42. The molecule has 1 N–H and O–H groups in total. The maximum atomic E-state index is 12.7. The van der Waals surface area contributed by atoms with Gasteiger partial charge < -0.3 is 15.0 Å². The minimum absolute atomic E-state index is 0.0157. The molecule has 23 heavy (non-hydrogen) atoms. The number of anilines is 1. The maximum absolute atomic E-state index is 12.7. The van der Waals surface area contributed by atoms with Crippen LogP contribution in [-0.2, 0) is 9.53 Å². The van der Waals surface area contributed by atoms with Crippen molar-refractivity contribution in [1.29, 1.82) is 0 Å². The highest BCUT2D eigenvalue weighted by Crippen LogP contribution is 2.30. The van der Waals surface area contributed by atoms with Gasteiger partial charge in [0.1, 0.15) is 0 Å². The van der Waals surface area contributed by atoms with Crippen LogP contribution in [0.4, 0.5) is 5.69 Å². The molecule has 1 atom stereocenters. The molecule has 3 rings (SSSR count). The van der Waals surface area contributed by atoms with E-state index in [1.54, 1.807) is 6.07 Å². The van der Waals surface area contributed by atoms with Crippen molar-refractivity contribution in [2.75, 3.05) is 31.6 Å². The van der Waals surface area contributed by atoms with Gasteiger partial charge in [-0.25, -0.2) is 0 Å². The zero-order valence-corrected chi connectivity index (χ0v) is 13.6. The van der Waals surface area contributed by atoms with Gasteiger partial charge >= 0.3 is 0 Å². The van der Waals surface area contributed by atoms with Crippen molar-refractivity contribution in [1.82, 2.24) is 4.90 Å². The van der Waals surface area contributed by atoms with E-state index in [1.165, 1.54) is 0 Å². The van der Waals surface area contributed by atoms with Gasteiger partial charge in [0.05, 0.1) is 6.61 Å². The highest BCUT2D eigenvalue weighted by atomic mass is 16.5. The third-order valence-corrected chi connectivity index (χ3v) is 4.50. The van der Waals surface area contributed by atoms with Gasteiger partial charge in [-0.05, 0) is 44.4 Å². The molecule has 5 heteroatoms. The Labute approximate surface area is 137 Å². The second-order valence-electron chi connectivity index (χ2n) is 6.42. The number of nitrogens with one attached hydrogen (secondary N) is 1. The number of nitrogens with zero attached hydrogens (tertiary/aromatic N) is 1. The topological polar surface area (TPSA) is 58.6 Å². The Morgan fingerprint density at radius 2 is 2.13 bits per heavy atom. The van der Waals surface area contributed by atoms with Gasteiger partial charge in [-0.1, -0.05) is 6.07 Å². The zero-order valence-electron chi connectivity index (χ0n) is 13.6. The van der Waals surface area contributed by atoms with Crippen molar-refractivity contribution in [2.45, 2.75) is 26.2 Å². The summed E-state index contributed by atoms with van der Waals surface area (Å²) in [4.78, 5) is 26.4. The molecule has 0 aromatic heterocycles. The van der Waals surface area contributed by atoms with Gasteiger partial charge in [0, 0.05) is 42.8 Å². The molecule has 0 spiro atoms. The van der Waals surface area contributed by atoms with E-state index in [2.05, 4.69) is 5.32 Å². The number of hydrogen-bond donors (Lipinski definition) is 1. The van der Waals surface area contributed by atoms with E-state index in [0.717, 1.165) is 39.0 Å². The molecule has 1 saturated carbocycles. The third-order valence-electron chi connectivity index (χ3n) is 4.50. The highest BCUT2D eigenvalue weighted by molar-refractivity contribution is 5.98. The Morgan fingerprint density at radius 3 is 2.78 bits per heavy atom. The van der Waals surface area contributed by atoms with Gasteiger partial charge in [-0.2, -0.15) is 0 Å². The summed E-state index contributed by atoms with van der Waals surface area (Å²) < 4.78 is 5.39. The van der Waals surface area contributed by atoms with Crippen molar-refractivity contribution < 1.29 is 14.3 Å². The Kier molecular flexibility index (Phi) is 4.96. The molecule has 124 valence electrons. The molecular weight excluding hydrogens is 292 g/mol. The van der Waals surface area contributed by atoms with E-state index in [0.29, 0.717) is 23.7 Å². The predicted octanol–water partition coefficient (Wildman–Crippen LogP) is 2.53. The smallest absolute Gasteiger partial charge is 0.253 e. The Morgan fingerprint density at radius 1 is 1.30 bits per heavy atom. The largest absolute Gasteiger partial charge is 0.381 e. The van der Waals surface area contributed by atoms with Gasteiger partial charge in [-0.3, -0.25) is 9.59 Å². The predicted molar refractivity (Wildman–Crippen MR) is 88.3 cm³/mol. The van der Waals surface area contributed by atoms with Crippen LogP contribution in [0.5, 0.6) is 0 Å². The first-order valence-corrected chi connectivity index (χ1v) is 8.45. The molecule has 1 aliphatic carbocycles. The normalized spacial score (nSPS) is 20.3. The van der Waals surface area contributed by atoms with E-state index in [1.807, 2.05) is 30.0 Å². The zero-order chi connectivity index (χ0) is 16.2. The molecule has 2 aliphatic rings. The summed E-state index contributed by atoms with van der Waals surface area (Å²) in [6.07, 6.45) is 2.95. The highest BCUT2D eigenvalue weighted by Gasteiger charge is 2.29. The summed E-state index contributed by atoms with van der Waals surface area (Å²) in [5, 5.41) is 2.90. The minimum atomic E-state index is 0.0157. The summed E-state index contributed by atoms with van der Waals surface area (Å²) in [5.74, 6) is 0.660. The van der Waals surface area contributed by atoms with Crippen molar-refractivity contribution >= 4 is 17.5 Å². The number of hydrogen-bond acceptors (Lipinski definition) is 3. The average Bonchev–Trinajstić information content (AvgIpc) is 3.30. The maximum Gasteiger partial charge on any atom is 0.253 e. The SMILES string of the molecule is CCN(CC1CCOC1)C(=O)c1cccc(NC(=O)C2CC2)c1. The van der Waals surface area contributed by atoms with Crippen LogP contribution in [0.2, 0.25) is 0 Å². The van der Waals surface area contributed by atoms with Gasteiger partial charge in [0.15, 0.2) is 0 Å².